The molecule has 0 aliphatic carbocycles. The molecule has 1 aromatic carbocycles. The molecule has 0 radical (unpaired) electrons. The Bertz CT molecular complexity index is 584. The van der Waals surface area contributed by atoms with Gasteiger partial charge in [0.15, 0.2) is 6.10 Å². The second kappa shape index (κ2) is 5.20. The summed E-state index contributed by atoms with van der Waals surface area (Å²) >= 11 is 0. The number of nitrogens with zero attached hydrogens (tertiary/aromatic N) is 1. The molecular formula is C15H14N2O2. The van der Waals surface area contributed by atoms with Crippen LogP contribution in [0.2, 0.25) is 0 Å². The molecule has 3 rings (SSSR count). The largest absolute Gasteiger partial charge is 0.363 e. The number of anilines is 1. The van der Waals surface area contributed by atoms with Crippen LogP contribution in [0, 0.1) is 0 Å². The smallest absolute Gasteiger partial charge is 0.259 e. The minimum absolute atomic E-state index is 0.175. The van der Waals surface area contributed by atoms with Crippen molar-refractivity contribution >= 4 is 11.7 Å². The molecule has 2 aromatic rings. The van der Waals surface area contributed by atoms with Crippen molar-refractivity contribution in [2.75, 3.05) is 11.9 Å². The number of carbonyl (C=O) groups excluding carboxylic acids is 1. The van der Waals surface area contributed by atoms with E-state index in [0.29, 0.717) is 12.4 Å². The van der Waals surface area contributed by atoms with Crippen LogP contribution in [0.1, 0.15) is 17.2 Å². The number of pyridine rings is 1. The predicted octanol–water partition coefficient (Wildman–Crippen LogP) is 2.33. The lowest BCUT2D eigenvalue weighted by atomic mass is 9.97. The van der Waals surface area contributed by atoms with E-state index in [1.54, 1.807) is 12.3 Å². The molecule has 1 N–H and O–H groups in total. The zero-order valence-corrected chi connectivity index (χ0v) is 10.4. The zero-order valence-electron chi connectivity index (χ0n) is 10.4. The van der Waals surface area contributed by atoms with Crippen molar-refractivity contribution in [3.8, 4) is 0 Å². The Hall–Kier alpha value is -2.20. The van der Waals surface area contributed by atoms with Gasteiger partial charge in [-0.2, -0.15) is 0 Å². The number of ether oxygens (including phenoxy) is 1. The highest BCUT2D eigenvalue weighted by Crippen LogP contribution is 2.27. The molecule has 0 unspecified atom stereocenters. The van der Waals surface area contributed by atoms with Crippen LogP contribution in [0.5, 0.6) is 0 Å². The highest BCUT2D eigenvalue weighted by Gasteiger charge is 2.27. The van der Waals surface area contributed by atoms with E-state index in [-0.39, 0.29) is 5.91 Å². The molecule has 19 heavy (non-hydrogen) atoms. The number of nitrogens with one attached hydrogen (secondary N) is 1. The molecular weight excluding hydrogens is 240 g/mol. The maximum Gasteiger partial charge on any atom is 0.259 e. The average molecular weight is 254 g/mol. The average Bonchev–Trinajstić information content (AvgIpc) is 2.47. The van der Waals surface area contributed by atoms with E-state index in [0.717, 1.165) is 12.0 Å². The first-order chi connectivity index (χ1) is 9.34. The van der Waals surface area contributed by atoms with Crippen molar-refractivity contribution in [3.63, 3.8) is 0 Å². The van der Waals surface area contributed by atoms with E-state index in [1.807, 2.05) is 36.4 Å². The fourth-order valence-electron chi connectivity index (χ4n) is 2.24. The van der Waals surface area contributed by atoms with Gasteiger partial charge in [-0.05, 0) is 29.7 Å². The van der Waals surface area contributed by atoms with Crippen LogP contribution < -0.4 is 5.32 Å². The van der Waals surface area contributed by atoms with Crippen LogP contribution in [0.25, 0.3) is 0 Å². The number of carbonyl (C=O) groups is 1. The molecule has 1 aromatic heterocycles. The van der Waals surface area contributed by atoms with Crippen molar-refractivity contribution in [3.05, 3.63) is 59.8 Å². The molecule has 0 fully saturated rings. The SMILES string of the molecule is O=C(Nc1ccccn1)[C@H]1OCCc2ccccc21. The number of fused-ring (bicyclic) bond motifs is 1. The minimum Gasteiger partial charge on any atom is -0.363 e. The molecule has 0 saturated heterocycles. The fraction of sp³-hybridized carbons (Fsp3) is 0.200. The van der Waals surface area contributed by atoms with E-state index in [1.165, 1.54) is 5.56 Å². The van der Waals surface area contributed by atoms with E-state index >= 15 is 0 Å². The van der Waals surface area contributed by atoms with Crippen LogP contribution in [-0.4, -0.2) is 17.5 Å². The molecule has 1 aliphatic heterocycles. The van der Waals surface area contributed by atoms with Crippen LogP contribution in [0.4, 0.5) is 5.82 Å². The third-order valence-electron chi connectivity index (χ3n) is 3.15. The summed E-state index contributed by atoms with van der Waals surface area (Å²) in [6.45, 7) is 0.567. The first kappa shape index (κ1) is 11.9. The Balaban J connectivity index is 1.82. The number of amides is 1. The summed E-state index contributed by atoms with van der Waals surface area (Å²) in [5.41, 5.74) is 2.12. The highest BCUT2D eigenvalue weighted by atomic mass is 16.5. The van der Waals surface area contributed by atoms with E-state index in [9.17, 15) is 4.79 Å². The van der Waals surface area contributed by atoms with E-state index < -0.39 is 6.10 Å². The standard InChI is InChI=1S/C15H14N2O2/c18-15(17-13-7-3-4-9-16-13)14-12-6-2-1-5-11(12)8-10-19-14/h1-7,9,14H,8,10H2,(H,16,17,18)/t14-/m0/s1. The van der Waals surface area contributed by atoms with Gasteiger partial charge >= 0.3 is 0 Å². The third-order valence-corrected chi connectivity index (χ3v) is 3.15. The summed E-state index contributed by atoms with van der Waals surface area (Å²) in [7, 11) is 0. The predicted molar refractivity (Wildman–Crippen MR) is 71.7 cm³/mol. The molecule has 96 valence electrons. The van der Waals surface area contributed by atoms with Crippen LogP contribution in [-0.2, 0) is 16.0 Å². The number of hydrogen-bond acceptors (Lipinski definition) is 3. The summed E-state index contributed by atoms with van der Waals surface area (Å²) in [5, 5.41) is 2.78. The van der Waals surface area contributed by atoms with Crippen molar-refractivity contribution < 1.29 is 9.53 Å². The monoisotopic (exact) mass is 254 g/mol. The number of benzene rings is 1. The molecule has 1 aliphatic rings. The van der Waals surface area contributed by atoms with Crippen LogP contribution >= 0.6 is 0 Å². The zero-order chi connectivity index (χ0) is 13.1. The Labute approximate surface area is 111 Å². The second-order valence-electron chi connectivity index (χ2n) is 4.40. The Kier molecular flexibility index (Phi) is 3.25. The highest BCUT2D eigenvalue weighted by molar-refractivity contribution is 5.94. The summed E-state index contributed by atoms with van der Waals surface area (Å²) in [4.78, 5) is 16.3. The summed E-state index contributed by atoms with van der Waals surface area (Å²) in [6.07, 6.45) is 1.95. The summed E-state index contributed by atoms with van der Waals surface area (Å²) in [5.74, 6) is 0.366. The Morgan fingerprint density at radius 3 is 2.89 bits per heavy atom. The molecule has 0 saturated carbocycles. The molecule has 1 amide bonds. The van der Waals surface area contributed by atoms with Gasteiger partial charge in [0.05, 0.1) is 6.61 Å². The van der Waals surface area contributed by atoms with Gasteiger partial charge in [-0.1, -0.05) is 30.3 Å². The van der Waals surface area contributed by atoms with Gasteiger partial charge in [0.2, 0.25) is 0 Å². The van der Waals surface area contributed by atoms with E-state index in [4.69, 9.17) is 4.74 Å². The van der Waals surface area contributed by atoms with Crippen molar-refractivity contribution in [2.24, 2.45) is 0 Å². The maximum absolute atomic E-state index is 12.3. The topological polar surface area (TPSA) is 51.2 Å². The van der Waals surface area contributed by atoms with Gasteiger partial charge in [-0.3, -0.25) is 4.79 Å². The molecule has 0 bridgehead atoms. The fourth-order valence-corrected chi connectivity index (χ4v) is 2.24. The number of rotatable bonds is 2. The minimum atomic E-state index is -0.549. The van der Waals surface area contributed by atoms with Gasteiger partial charge in [0.1, 0.15) is 5.82 Å². The van der Waals surface area contributed by atoms with Gasteiger partial charge < -0.3 is 10.1 Å². The van der Waals surface area contributed by atoms with Crippen molar-refractivity contribution in [1.82, 2.24) is 4.98 Å². The summed E-state index contributed by atoms with van der Waals surface area (Å²) in [6, 6.07) is 13.3. The number of hydrogen-bond donors (Lipinski definition) is 1. The Morgan fingerprint density at radius 1 is 1.21 bits per heavy atom. The molecule has 4 heteroatoms. The molecule has 1 atom stereocenters. The first-order valence-electron chi connectivity index (χ1n) is 6.26. The molecule has 0 spiro atoms. The first-order valence-corrected chi connectivity index (χ1v) is 6.26. The number of aromatic nitrogens is 1. The maximum atomic E-state index is 12.3. The van der Waals surface area contributed by atoms with Crippen LogP contribution in [0.15, 0.2) is 48.7 Å². The third kappa shape index (κ3) is 2.48. The van der Waals surface area contributed by atoms with Crippen LogP contribution in [0.3, 0.4) is 0 Å². The second-order valence-corrected chi connectivity index (χ2v) is 4.40. The lowest BCUT2D eigenvalue weighted by Gasteiger charge is -2.24. The lowest BCUT2D eigenvalue weighted by molar-refractivity contribution is -0.128. The lowest BCUT2D eigenvalue weighted by Crippen LogP contribution is -2.28. The van der Waals surface area contributed by atoms with Crippen molar-refractivity contribution in [1.29, 1.82) is 0 Å². The molecule has 4 nitrogen and oxygen atoms in total. The quantitative estimate of drug-likeness (QED) is 0.894. The van der Waals surface area contributed by atoms with Gasteiger partial charge in [0, 0.05) is 6.20 Å². The Morgan fingerprint density at radius 2 is 2.05 bits per heavy atom. The van der Waals surface area contributed by atoms with Crippen molar-refractivity contribution in [2.45, 2.75) is 12.5 Å². The van der Waals surface area contributed by atoms with E-state index in [2.05, 4.69) is 10.3 Å². The van der Waals surface area contributed by atoms with Gasteiger partial charge in [-0.25, -0.2) is 4.98 Å². The normalized spacial score (nSPS) is 17.6. The summed E-state index contributed by atoms with van der Waals surface area (Å²) < 4.78 is 5.60. The molecule has 2 heterocycles. The van der Waals surface area contributed by atoms with Gasteiger partial charge in [0.25, 0.3) is 5.91 Å². The van der Waals surface area contributed by atoms with Gasteiger partial charge in [-0.15, -0.1) is 0 Å².